The Balaban J connectivity index is 1.36. The van der Waals surface area contributed by atoms with Crippen LogP contribution in [0.1, 0.15) is 12.0 Å². The summed E-state index contributed by atoms with van der Waals surface area (Å²) in [4.78, 5) is 23.6. The van der Waals surface area contributed by atoms with Crippen LogP contribution in [0.25, 0.3) is 6.08 Å². The van der Waals surface area contributed by atoms with E-state index in [1.165, 1.54) is 6.08 Å². The van der Waals surface area contributed by atoms with Gasteiger partial charge in [-0.1, -0.05) is 6.07 Å². The molecule has 2 N–H and O–H groups in total. The molecule has 2 amide bonds. The Hall–Kier alpha value is -3.68. The molecule has 0 aliphatic carbocycles. The van der Waals surface area contributed by atoms with Gasteiger partial charge >= 0.3 is 0 Å². The third-order valence-corrected chi connectivity index (χ3v) is 3.81. The standard InChI is InChI=1S/C20H20N2O6/c1-25-15-4-6-16(7-5-15)26-11-10-20(24)22-21-19(23)9-3-14-2-8-17-18(12-14)28-13-27-17/h2-9,12H,10-11,13H2,1H3,(H,21,23)(H,22,24). The second kappa shape index (κ2) is 9.31. The van der Waals surface area contributed by atoms with E-state index in [1.54, 1.807) is 55.7 Å². The summed E-state index contributed by atoms with van der Waals surface area (Å²) in [6.07, 6.45) is 3.01. The molecule has 0 radical (unpaired) electrons. The van der Waals surface area contributed by atoms with Gasteiger partial charge in [0.15, 0.2) is 11.5 Å². The largest absolute Gasteiger partial charge is 0.497 e. The summed E-state index contributed by atoms with van der Waals surface area (Å²) < 4.78 is 21.0. The van der Waals surface area contributed by atoms with E-state index in [1.807, 2.05) is 0 Å². The number of benzene rings is 2. The molecule has 146 valence electrons. The van der Waals surface area contributed by atoms with Gasteiger partial charge in [-0.3, -0.25) is 20.4 Å². The van der Waals surface area contributed by atoms with Gasteiger partial charge in [0.2, 0.25) is 12.7 Å². The van der Waals surface area contributed by atoms with E-state index in [0.717, 1.165) is 11.3 Å². The number of fused-ring (bicyclic) bond motifs is 1. The second-order valence-corrected chi connectivity index (χ2v) is 5.76. The molecular weight excluding hydrogens is 364 g/mol. The Morgan fingerprint density at radius 3 is 2.57 bits per heavy atom. The first-order valence-electron chi connectivity index (χ1n) is 8.57. The highest BCUT2D eigenvalue weighted by Gasteiger charge is 2.12. The van der Waals surface area contributed by atoms with Crippen molar-refractivity contribution in [3.05, 3.63) is 54.1 Å². The topological polar surface area (TPSA) is 95.1 Å². The first-order chi connectivity index (χ1) is 13.6. The van der Waals surface area contributed by atoms with E-state index in [-0.39, 0.29) is 25.7 Å². The van der Waals surface area contributed by atoms with Crippen molar-refractivity contribution < 1.29 is 28.5 Å². The summed E-state index contributed by atoms with van der Waals surface area (Å²) in [5, 5.41) is 0. The van der Waals surface area contributed by atoms with Gasteiger partial charge < -0.3 is 18.9 Å². The Morgan fingerprint density at radius 1 is 1.04 bits per heavy atom. The molecule has 1 heterocycles. The summed E-state index contributed by atoms with van der Waals surface area (Å²) in [5.74, 6) is 1.84. The Kier molecular flexibility index (Phi) is 6.35. The molecule has 2 aromatic rings. The summed E-state index contributed by atoms with van der Waals surface area (Å²) in [7, 11) is 1.58. The number of carbonyl (C=O) groups is 2. The number of hydrogen-bond donors (Lipinski definition) is 2. The van der Waals surface area contributed by atoms with E-state index >= 15 is 0 Å². The maximum absolute atomic E-state index is 11.8. The van der Waals surface area contributed by atoms with E-state index in [0.29, 0.717) is 17.2 Å². The number of carbonyl (C=O) groups excluding carboxylic acids is 2. The molecule has 0 fully saturated rings. The van der Waals surface area contributed by atoms with E-state index in [4.69, 9.17) is 18.9 Å². The van der Waals surface area contributed by atoms with E-state index in [2.05, 4.69) is 10.9 Å². The molecule has 0 atom stereocenters. The lowest BCUT2D eigenvalue weighted by atomic mass is 10.2. The lowest BCUT2D eigenvalue weighted by Gasteiger charge is -2.08. The van der Waals surface area contributed by atoms with Gasteiger partial charge in [0.1, 0.15) is 11.5 Å². The van der Waals surface area contributed by atoms with Gasteiger partial charge in [0.25, 0.3) is 5.91 Å². The Bertz CT molecular complexity index is 863. The zero-order valence-electron chi connectivity index (χ0n) is 15.3. The third-order valence-electron chi connectivity index (χ3n) is 3.81. The Morgan fingerprint density at radius 2 is 1.79 bits per heavy atom. The average molecular weight is 384 g/mol. The summed E-state index contributed by atoms with van der Waals surface area (Å²) in [5.41, 5.74) is 5.42. The SMILES string of the molecule is COc1ccc(OCCC(=O)NNC(=O)C=Cc2ccc3c(c2)OCO3)cc1. The first kappa shape index (κ1) is 19.1. The number of ether oxygens (including phenoxy) is 4. The highest BCUT2D eigenvalue weighted by atomic mass is 16.7. The van der Waals surface area contributed by atoms with Crippen LogP contribution in [0.3, 0.4) is 0 Å². The fourth-order valence-corrected chi connectivity index (χ4v) is 2.36. The van der Waals surface area contributed by atoms with Crippen molar-refractivity contribution in [2.24, 2.45) is 0 Å². The predicted octanol–water partition coefficient (Wildman–Crippen LogP) is 2.05. The van der Waals surface area contributed by atoms with Crippen LogP contribution in [0.15, 0.2) is 48.5 Å². The van der Waals surface area contributed by atoms with Gasteiger partial charge in [-0.2, -0.15) is 0 Å². The van der Waals surface area contributed by atoms with Gasteiger partial charge in [-0.15, -0.1) is 0 Å². The van der Waals surface area contributed by atoms with Crippen LogP contribution in [0, 0.1) is 0 Å². The molecule has 28 heavy (non-hydrogen) atoms. The monoisotopic (exact) mass is 384 g/mol. The molecule has 1 aliphatic rings. The van der Waals surface area contributed by atoms with Crippen LogP contribution in [-0.2, 0) is 9.59 Å². The van der Waals surface area contributed by atoms with Gasteiger partial charge in [-0.25, -0.2) is 0 Å². The molecule has 2 aromatic carbocycles. The Labute approximate surface area is 162 Å². The molecule has 1 aliphatic heterocycles. The zero-order chi connectivity index (χ0) is 19.8. The number of nitrogens with one attached hydrogen (secondary N) is 2. The van der Waals surface area contributed by atoms with Gasteiger partial charge in [0.05, 0.1) is 20.1 Å². The minimum Gasteiger partial charge on any atom is -0.497 e. The molecular formula is C20H20N2O6. The highest BCUT2D eigenvalue weighted by Crippen LogP contribution is 2.32. The molecule has 0 spiro atoms. The fourth-order valence-electron chi connectivity index (χ4n) is 2.36. The van der Waals surface area contributed by atoms with Crippen molar-refractivity contribution in [2.75, 3.05) is 20.5 Å². The number of hydrogen-bond acceptors (Lipinski definition) is 6. The normalized spacial score (nSPS) is 11.9. The number of amides is 2. The number of rotatable bonds is 7. The average Bonchev–Trinajstić information content (AvgIpc) is 3.19. The van der Waals surface area contributed by atoms with Crippen molar-refractivity contribution in [3.63, 3.8) is 0 Å². The van der Waals surface area contributed by atoms with Crippen molar-refractivity contribution >= 4 is 17.9 Å². The van der Waals surface area contributed by atoms with Crippen LogP contribution >= 0.6 is 0 Å². The fraction of sp³-hybridized carbons (Fsp3) is 0.200. The molecule has 0 bridgehead atoms. The van der Waals surface area contributed by atoms with Crippen LogP contribution < -0.4 is 29.8 Å². The second-order valence-electron chi connectivity index (χ2n) is 5.76. The molecule has 0 aromatic heterocycles. The van der Waals surface area contributed by atoms with Crippen molar-refractivity contribution in [1.29, 1.82) is 0 Å². The predicted molar refractivity (Wildman–Crippen MR) is 101 cm³/mol. The van der Waals surface area contributed by atoms with Crippen LogP contribution in [0.2, 0.25) is 0 Å². The summed E-state index contributed by atoms with van der Waals surface area (Å²) >= 11 is 0. The maximum atomic E-state index is 11.8. The number of hydrazine groups is 1. The quantitative estimate of drug-likeness (QED) is 0.560. The minimum atomic E-state index is -0.456. The highest BCUT2D eigenvalue weighted by molar-refractivity contribution is 5.93. The number of methoxy groups -OCH3 is 1. The zero-order valence-corrected chi connectivity index (χ0v) is 15.3. The summed E-state index contributed by atoms with van der Waals surface area (Å²) in [6.45, 7) is 0.373. The summed E-state index contributed by atoms with van der Waals surface area (Å²) in [6, 6.07) is 12.4. The lowest BCUT2D eigenvalue weighted by molar-refractivity contribution is -0.127. The van der Waals surface area contributed by atoms with E-state index < -0.39 is 5.91 Å². The lowest BCUT2D eigenvalue weighted by Crippen LogP contribution is -2.41. The van der Waals surface area contributed by atoms with Crippen LogP contribution in [0.4, 0.5) is 0 Å². The molecule has 8 nitrogen and oxygen atoms in total. The van der Waals surface area contributed by atoms with E-state index in [9.17, 15) is 9.59 Å². The smallest absolute Gasteiger partial charge is 0.262 e. The molecule has 3 rings (SSSR count). The van der Waals surface area contributed by atoms with Crippen molar-refractivity contribution in [3.8, 4) is 23.0 Å². The molecule has 0 saturated carbocycles. The van der Waals surface area contributed by atoms with Crippen molar-refractivity contribution in [2.45, 2.75) is 6.42 Å². The van der Waals surface area contributed by atoms with Gasteiger partial charge in [0, 0.05) is 6.08 Å². The van der Waals surface area contributed by atoms with Crippen LogP contribution in [-0.4, -0.2) is 32.3 Å². The van der Waals surface area contributed by atoms with Gasteiger partial charge in [-0.05, 0) is 48.0 Å². The van der Waals surface area contributed by atoms with Crippen LogP contribution in [0.5, 0.6) is 23.0 Å². The first-order valence-corrected chi connectivity index (χ1v) is 8.57. The molecule has 8 heteroatoms. The molecule has 0 saturated heterocycles. The molecule has 0 unspecified atom stereocenters. The maximum Gasteiger partial charge on any atom is 0.262 e. The third kappa shape index (κ3) is 5.41. The minimum absolute atomic E-state index is 0.0954. The van der Waals surface area contributed by atoms with Crippen molar-refractivity contribution in [1.82, 2.24) is 10.9 Å².